The van der Waals surface area contributed by atoms with E-state index in [9.17, 15) is 8.78 Å². The van der Waals surface area contributed by atoms with E-state index in [4.69, 9.17) is 10.6 Å². The van der Waals surface area contributed by atoms with Crippen LogP contribution in [0, 0.1) is 5.92 Å². The summed E-state index contributed by atoms with van der Waals surface area (Å²) in [6.45, 7) is 4.38. The summed E-state index contributed by atoms with van der Waals surface area (Å²) in [4.78, 5) is 0. The van der Waals surface area contributed by atoms with Crippen LogP contribution in [0.1, 0.15) is 39.5 Å². The van der Waals surface area contributed by atoms with Crippen LogP contribution in [0.2, 0.25) is 0 Å². The summed E-state index contributed by atoms with van der Waals surface area (Å²) in [5, 5.41) is 0. The molecule has 0 heterocycles. The van der Waals surface area contributed by atoms with E-state index in [1.165, 1.54) is 0 Å². The van der Waals surface area contributed by atoms with Gasteiger partial charge >= 0.3 is 0 Å². The van der Waals surface area contributed by atoms with Crippen molar-refractivity contribution in [2.75, 3.05) is 6.61 Å². The summed E-state index contributed by atoms with van der Waals surface area (Å²) < 4.78 is 31.4. The molecule has 0 aromatic carbocycles. The Hall–Kier alpha value is -0.260. The smallest absolute Gasteiger partial charge is 0.248 e. The zero-order valence-corrected chi connectivity index (χ0v) is 10.0. The maximum absolute atomic E-state index is 13.0. The average Bonchev–Trinajstić information content (AvgIpc) is 2.20. The summed E-state index contributed by atoms with van der Waals surface area (Å²) >= 11 is 0. The number of hydrogen-bond donors (Lipinski definition) is 2. The number of hydrogen-bond acceptors (Lipinski definition) is 3. The fourth-order valence-corrected chi connectivity index (χ4v) is 2.08. The number of nitrogens with two attached hydrogens (primary N) is 1. The standard InChI is InChI=1S/C11H22F2N2O/c1-8(2)16-7-10(15-14)9-3-5-11(12,13)6-4-9/h8-10,15H,3-7,14H2,1-2H3. The summed E-state index contributed by atoms with van der Waals surface area (Å²) in [7, 11) is 0. The van der Waals surface area contributed by atoms with E-state index < -0.39 is 5.92 Å². The number of rotatable bonds is 5. The van der Waals surface area contributed by atoms with Gasteiger partial charge in [0, 0.05) is 18.9 Å². The van der Waals surface area contributed by atoms with Crippen molar-refractivity contribution in [2.24, 2.45) is 11.8 Å². The van der Waals surface area contributed by atoms with Crippen LogP contribution in [0.25, 0.3) is 0 Å². The Bertz CT molecular complexity index is 199. The zero-order chi connectivity index (χ0) is 12.2. The Labute approximate surface area is 95.7 Å². The van der Waals surface area contributed by atoms with Crippen LogP contribution in [0.15, 0.2) is 0 Å². The molecule has 16 heavy (non-hydrogen) atoms. The molecule has 0 amide bonds. The number of ether oxygens (including phenoxy) is 1. The number of nitrogens with one attached hydrogen (secondary N) is 1. The Morgan fingerprint density at radius 2 is 1.94 bits per heavy atom. The first-order valence-electron chi connectivity index (χ1n) is 5.90. The second-order valence-electron chi connectivity index (χ2n) is 4.85. The van der Waals surface area contributed by atoms with Crippen molar-refractivity contribution in [3.63, 3.8) is 0 Å². The SMILES string of the molecule is CC(C)OCC(NN)C1CCC(F)(F)CC1. The van der Waals surface area contributed by atoms with Gasteiger partial charge in [-0.25, -0.2) is 8.78 Å². The third-order valence-corrected chi connectivity index (χ3v) is 3.15. The Morgan fingerprint density at radius 1 is 1.38 bits per heavy atom. The lowest BCUT2D eigenvalue weighted by Gasteiger charge is -2.33. The van der Waals surface area contributed by atoms with Crippen LogP contribution in [0.3, 0.4) is 0 Å². The maximum atomic E-state index is 13.0. The second-order valence-corrected chi connectivity index (χ2v) is 4.85. The molecule has 1 fully saturated rings. The van der Waals surface area contributed by atoms with E-state index in [1.807, 2.05) is 13.8 Å². The largest absolute Gasteiger partial charge is 0.377 e. The third kappa shape index (κ3) is 4.31. The van der Waals surface area contributed by atoms with Gasteiger partial charge in [-0.05, 0) is 32.6 Å². The lowest BCUT2D eigenvalue weighted by molar-refractivity contribution is -0.0555. The minimum absolute atomic E-state index is 0.0153. The van der Waals surface area contributed by atoms with Gasteiger partial charge in [-0.3, -0.25) is 11.3 Å². The molecule has 1 unspecified atom stereocenters. The molecular formula is C11H22F2N2O. The van der Waals surface area contributed by atoms with Crippen LogP contribution in [-0.4, -0.2) is 24.7 Å². The first-order valence-corrected chi connectivity index (χ1v) is 5.90. The van der Waals surface area contributed by atoms with E-state index in [2.05, 4.69) is 5.43 Å². The fraction of sp³-hybridized carbons (Fsp3) is 1.00. The third-order valence-electron chi connectivity index (χ3n) is 3.15. The van der Waals surface area contributed by atoms with Crippen LogP contribution in [-0.2, 0) is 4.74 Å². The summed E-state index contributed by atoms with van der Waals surface area (Å²) in [5.41, 5.74) is 2.68. The highest BCUT2D eigenvalue weighted by Crippen LogP contribution is 2.37. The molecule has 0 radical (unpaired) electrons. The quantitative estimate of drug-likeness (QED) is 0.567. The van der Waals surface area contributed by atoms with Crippen molar-refractivity contribution in [3.05, 3.63) is 0 Å². The molecular weight excluding hydrogens is 214 g/mol. The average molecular weight is 236 g/mol. The first kappa shape index (κ1) is 13.8. The predicted molar refractivity (Wildman–Crippen MR) is 59.1 cm³/mol. The van der Waals surface area contributed by atoms with E-state index in [0.717, 1.165) is 0 Å². The van der Waals surface area contributed by atoms with Crippen LogP contribution >= 0.6 is 0 Å². The van der Waals surface area contributed by atoms with Gasteiger partial charge in [-0.1, -0.05) is 0 Å². The highest BCUT2D eigenvalue weighted by molar-refractivity contribution is 4.84. The maximum Gasteiger partial charge on any atom is 0.248 e. The number of alkyl halides is 2. The Morgan fingerprint density at radius 3 is 2.38 bits per heavy atom. The normalized spacial score (nSPS) is 23.6. The highest BCUT2D eigenvalue weighted by Gasteiger charge is 2.37. The second kappa shape index (κ2) is 5.89. The van der Waals surface area contributed by atoms with Gasteiger partial charge in [-0.15, -0.1) is 0 Å². The summed E-state index contributed by atoms with van der Waals surface area (Å²) in [5.74, 6) is 3.16. The molecule has 0 aliphatic heterocycles. The van der Waals surface area contributed by atoms with Crippen molar-refractivity contribution in [1.82, 2.24) is 5.43 Å². The van der Waals surface area contributed by atoms with Crippen molar-refractivity contribution >= 4 is 0 Å². The molecule has 3 N–H and O–H groups in total. The Balaban J connectivity index is 2.37. The van der Waals surface area contributed by atoms with Crippen LogP contribution in [0.5, 0.6) is 0 Å². The molecule has 1 aliphatic carbocycles. The molecule has 1 rings (SSSR count). The summed E-state index contributed by atoms with van der Waals surface area (Å²) in [6, 6.07) is -0.0153. The molecule has 0 aromatic heterocycles. The van der Waals surface area contributed by atoms with Gasteiger partial charge < -0.3 is 4.74 Å². The van der Waals surface area contributed by atoms with E-state index in [1.54, 1.807) is 0 Å². The molecule has 1 atom stereocenters. The van der Waals surface area contributed by atoms with Crippen LogP contribution < -0.4 is 11.3 Å². The molecule has 96 valence electrons. The van der Waals surface area contributed by atoms with Gasteiger partial charge in [0.05, 0.1) is 12.7 Å². The van der Waals surface area contributed by atoms with E-state index in [-0.39, 0.29) is 30.9 Å². The minimum Gasteiger partial charge on any atom is -0.377 e. The number of halogens is 2. The van der Waals surface area contributed by atoms with Crippen molar-refractivity contribution in [2.45, 2.75) is 57.6 Å². The van der Waals surface area contributed by atoms with Crippen molar-refractivity contribution in [1.29, 1.82) is 0 Å². The van der Waals surface area contributed by atoms with E-state index >= 15 is 0 Å². The van der Waals surface area contributed by atoms with Gasteiger partial charge in [0.1, 0.15) is 0 Å². The molecule has 3 nitrogen and oxygen atoms in total. The summed E-state index contributed by atoms with van der Waals surface area (Å²) in [6.07, 6.45) is 1.11. The van der Waals surface area contributed by atoms with Gasteiger partial charge in [0.2, 0.25) is 5.92 Å². The molecule has 0 bridgehead atoms. The lowest BCUT2D eigenvalue weighted by Crippen LogP contribution is -2.46. The Kier molecular flexibility index (Phi) is 5.08. The first-order chi connectivity index (χ1) is 7.44. The molecule has 0 aromatic rings. The molecule has 1 aliphatic rings. The predicted octanol–water partition coefficient (Wildman–Crippen LogP) is 2.07. The fourth-order valence-electron chi connectivity index (χ4n) is 2.08. The monoisotopic (exact) mass is 236 g/mol. The lowest BCUT2D eigenvalue weighted by atomic mass is 9.82. The topological polar surface area (TPSA) is 47.3 Å². The highest BCUT2D eigenvalue weighted by atomic mass is 19.3. The van der Waals surface area contributed by atoms with Crippen LogP contribution in [0.4, 0.5) is 8.78 Å². The van der Waals surface area contributed by atoms with Gasteiger partial charge in [0.15, 0.2) is 0 Å². The van der Waals surface area contributed by atoms with Gasteiger partial charge in [-0.2, -0.15) is 0 Å². The van der Waals surface area contributed by atoms with Crippen molar-refractivity contribution in [3.8, 4) is 0 Å². The number of hydrazine groups is 1. The molecule has 5 heteroatoms. The van der Waals surface area contributed by atoms with E-state index in [0.29, 0.717) is 19.4 Å². The zero-order valence-electron chi connectivity index (χ0n) is 10.0. The van der Waals surface area contributed by atoms with Gasteiger partial charge in [0.25, 0.3) is 0 Å². The molecule has 1 saturated carbocycles. The van der Waals surface area contributed by atoms with Crippen molar-refractivity contribution < 1.29 is 13.5 Å². The molecule has 0 spiro atoms. The molecule has 0 saturated heterocycles. The minimum atomic E-state index is -2.48.